The minimum absolute atomic E-state index is 0.0123. The molecular formula is C37H43N5O10S4. The largest absolute Gasteiger partial charge is 0.488 e. The van der Waals surface area contributed by atoms with Crippen molar-refractivity contribution in [3.8, 4) is 11.5 Å². The Hall–Kier alpha value is -4.27. The second kappa shape index (κ2) is 21.9. The quantitative estimate of drug-likeness (QED) is 0.0628. The highest BCUT2D eigenvalue weighted by Crippen LogP contribution is 2.22. The van der Waals surface area contributed by atoms with Gasteiger partial charge in [0.2, 0.25) is 0 Å². The number of pyridine rings is 2. The Morgan fingerprint density at radius 2 is 1.29 bits per heavy atom. The van der Waals surface area contributed by atoms with E-state index in [0.717, 1.165) is 21.4 Å². The van der Waals surface area contributed by atoms with Gasteiger partial charge in [-0.25, -0.2) is 0 Å². The minimum Gasteiger partial charge on any atom is -0.488 e. The summed E-state index contributed by atoms with van der Waals surface area (Å²) in [6.07, 6.45) is 2.97. The van der Waals surface area contributed by atoms with E-state index in [4.69, 9.17) is 48.4 Å². The Kier molecular flexibility index (Phi) is 16.7. The zero-order chi connectivity index (χ0) is 39.9. The van der Waals surface area contributed by atoms with Crippen LogP contribution in [0.5, 0.6) is 11.5 Å². The van der Waals surface area contributed by atoms with Crippen LogP contribution in [0.3, 0.4) is 0 Å². The summed E-state index contributed by atoms with van der Waals surface area (Å²) in [5.41, 5.74) is -0.347. The standard InChI is InChI=1S/C37H43N5O10S4/c1-2-3-22-51-41-28(32(44)39-17-24-55-36(39)53)11-13-30(34(41)46)48-20-7-15-38(50-23-19-43)16-8-21-49-31-14-12-29(33(45)40-18-25-56-37(40)54)42(35(31)47)52-26-27-9-5-4-6-10-27/h4-6,9-14,19H,2-3,7-8,15-18,20-26H2,1H3. The number of carbonyl (C=O) groups is 3. The van der Waals surface area contributed by atoms with Crippen LogP contribution in [0.2, 0.25) is 0 Å². The van der Waals surface area contributed by atoms with Crippen LogP contribution in [0.25, 0.3) is 0 Å². The molecule has 2 amide bonds. The maximum atomic E-state index is 13.6. The number of benzene rings is 1. The molecule has 3 aromatic rings. The molecule has 2 saturated heterocycles. The molecule has 0 N–H and O–H groups in total. The average Bonchev–Trinajstić information content (AvgIpc) is 3.85. The molecule has 56 heavy (non-hydrogen) atoms. The van der Waals surface area contributed by atoms with Gasteiger partial charge in [0.05, 0.1) is 13.2 Å². The number of hydroxylamine groups is 2. The molecule has 0 aliphatic carbocycles. The van der Waals surface area contributed by atoms with Gasteiger partial charge in [-0.2, -0.15) is 5.06 Å². The molecule has 0 spiro atoms. The molecular weight excluding hydrogens is 803 g/mol. The Morgan fingerprint density at radius 1 is 0.750 bits per heavy atom. The van der Waals surface area contributed by atoms with Gasteiger partial charge in [0.1, 0.15) is 46.1 Å². The molecule has 2 fully saturated rings. The van der Waals surface area contributed by atoms with Crippen molar-refractivity contribution in [3.63, 3.8) is 0 Å². The summed E-state index contributed by atoms with van der Waals surface area (Å²) < 4.78 is 14.5. The molecule has 0 bridgehead atoms. The smallest absolute Gasteiger partial charge is 0.326 e. The Labute approximate surface area is 343 Å². The van der Waals surface area contributed by atoms with Crippen LogP contribution < -0.4 is 30.3 Å². The molecule has 19 heteroatoms. The number of thioether (sulfide) groups is 2. The summed E-state index contributed by atoms with van der Waals surface area (Å²) in [6.45, 7) is 3.87. The third kappa shape index (κ3) is 11.4. The van der Waals surface area contributed by atoms with Gasteiger partial charge in [0.15, 0.2) is 11.5 Å². The number of nitrogens with zero attached hydrogens (tertiary/aromatic N) is 5. The van der Waals surface area contributed by atoms with E-state index in [0.29, 0.717) is 71.9 Å². The topological polar surface area (TPSA) is 151 Å². The number of hydrogen-bond donors (Lipinski definition) is 0. The third-order valence-corrected chi connectivity index (χ3v) is 11.2. The fourth-order valence-electron chi connectivity index (χ4n) is 5.47. The first-order valence-corrected chi connectivity index (χ1v) is 20.9. The van der Waals surface area contributed by atoms with Crippen LogP contribution in [-0.2, 0) is 16.2 Å². The number of unbranched alkanes of at least 4 members (excludes halogenated alkanes) is 1. The highest BCUT2D eigenvalue weighted by atomic mass is 32.2. The van der Waals surface area contributed by atoms with Crippen molar-refractivity contribution >= 4 is 74.7 Å². The van der Waals surface area contributed by atoms with Gasteiger partial charge in [0, 0.05) is 37.7 Å². The highest BCUT2D eigenvalue weighted by Gasteiger charge is 2.30. The predicted molar refractivity (Wildman–Crippen MR) is 220 cm³/mol. The molecule has 2 aliphatic rings. The van der Waals surface area contributed by atoms with Gasteiger partial charge in [0.25, 0.3) is 11.8 Å². The first kappa shape index (κ1) is 42.9. The van der Waals surface area contributed by atoms with Crippen molar-refractivity contribution in [3.05, 3.63) is 92.3 Å². The Bertz CT molecular complexity index is 1980. The van der Waals surface area contributed by atoms with Crippen LogP contribution in [0.15, 0.2) is 64.2 Å². The molecule has 300 valence electrons. The number of aldehydes is 1. The molecule has 2 aromatic heterocycles. The summed E-state index contributed by atoms with van der Waals surface area (Å²) in [6, 6.07) is 15.1. The molecule has 0 atom stereocenters. The maximum absolute atomic E-state index is 13.6. The van der Waals surface area contributed by atoms with Crippen molar-refractivity contribution < 1.29 is 38.4 Å². The van der Waals surface area contributed by atoms with E-state index in [-0.39, 0.29) is 55.9 Å². The highest BCUT2D eigenvalue weighted by molar-refractivity contribution is 8.23. The lowest BCUT2D eigenvalue weighted by Gasteiger charge is -2.21. The molecule has 1 aromatic carbocycles. The van der Waals surface area contributed by atoms with Crippen molar-refractivity contribution in [1.29, 1.82) is 0 Å². The number of amides is 2. The number of hydrogen-bond acceptors (Lipinski definition) is 15. The van der Waals surface area contributed by atoms with Gasteiger partial charge in [-0.3, -0.25) is 33.8 Å². The SMILES string of the molecule is CCCCOn1c(C(=O)N2CCSC2=S)ccc(OCCCN(CCCOc2ccc(C(=O)N3CCSC3=S)n(OCc3ccccc3)c2=O)OCC=O)c1=O. The number of ether oxygens (including phenoxy) is 2. The first-order chi connectivity index (χ1) is 27.2. The van der Waals surface area contributed by atoms with Crippen molar-refractivity contribution in [2.75, 3.05) is 64.1 Å². The van der Waals surface area contributed by atoms with Gasteiger partial charge in [-0.15, -0.1) is 9.46 Å². The summed E-state index contributed by atoms with van der Waals surface area (Å²) in [4.78, 5) is 84.7. The first-order valence-electron chi connectivity index (χ1n) is 18.1. The lowest BCUT2D eigenvalue weighted by Crippen LogP contribution is -2.39. The van der Waals surface area contributed by atoms with Crippen LogP contribution in [-0.4, -0.2) is 115 Å². The van der Waals surface area contributed by atoms with E-state index < -0.39 is 22.9 Å². The summed E-state index contributed by atoms with van der Waals surface area (Å²) in [7, 11) is 0. The van der Waals surface area contributed by atoms with Crippen LogP contribution >= 0.6 is 48.0 Å². The molecule has 0 unspecified atom stereocenters. The van der Waals surface area contributed by atoms with Crippen molar-refractivity contribution in [1.82, 2.24) is 24.3 Å². The zero-order valence-electron chi connectivity index (χ0n) is 30.8. The summed E-state index contributed by atoms with van der Waals surface area (Å²) in [5.74, 6) is 0.500. The fraction of sp³-hybridized carbons (Fsp3) is 0.432. The molecule has 0 radical (unpaired) electrons. The molecule has 0 saturated carbocycles. The van der Waals surface area contributed by atoms with E-state index in [1.54, 1.807) is 5.06 Å². The van der Waals surface area contributed by atoms with Crippen LogP contribution in [0.4, 0.5) is 0 Å². The molecule has 15 nitrogen and oxygen atoms in total. The number of rotatable bonds is 22. The minimum atomic E-state index is -0.638. The van der Waals surface area contributed by atoms with Gasteiger partial charge >= 0.3 is 11.1 Å². The van der Waals surface area contributed by atoms with Crippen molar-refractivity contribution in [2.24, 2.45) is 0 Å². The number of thiocarbonyl (C=S) groups is 2. The average molecular weight is 846 g/mol. The lowest BCUT2D eigenvalue weighted by atomic mass is 10.2. The second-order valence-corrected chi connectivity index (χ2v) is 15.7. The maximum Gasteiger partial charge on any atom is 0.326 e. The van der Waals surface area contributed by atoms with E-state index in [1.165, 1.54) is 57.6 Å². The summed E-state index contributed by atoms with van der Waals surface area (Å²) >= 11 is 13.4. The molecule has 4 heterocycles. The molecule has 5 rings (SSSR count). The number of aromatic nitrogens is 2. The lowest BCUT2D eigenvalue weighted by molar-refractivity contribution is -0.164. The number of carbonyl (C=O) groups excluding carboxylic acids is 3. The Morgan fingerprint density at radius 3 is 1.77 bits per heavy atom. The predicted octanol–water partition coefficient (Wildman–Crippen LogP) is 3.49. The van der Waals surface area contributed by atoms with Gasteiger partial charge in [-0.05, 0) is 49.1 Å². The third-order valence-electron chi connectivity index (χ3n) is 8.33. The molecule has 2 aliphatic heterocycles. The summed E-state index contributed by atoms with van der Waals surface area (Å²) in [5, 5.41) is 1.58. The van der Waals surface area contributed by atoms with Crippen molar-refractivity contribution in [2.45, 2.75) is 39.2 Å². The Balaban J connectivity index is 1.17. The second-order valence-electron chi connectivity index (χ2n) is 12.2. The fourth-order valence-corrected chi connectivity index (χ4v) is 7.87. The van der Waals surface area contributed by atoms with E-state index in [1.807, 2.05) is 37.3 Å². The van der Waals surface area contributed by atoms with Crippen LogP contribution in [0, 0.1) is 0 Å². The van der Waals surface area contributed by atoms with Gasteiger partial charge in [-0.1, -0.05) is 91.6 Å². The zero-order valence-corrected chi connectivity index (χ0v) is 34.1. The van der Waals surface area contributed by atoms with Gasteiger partial charge < -0.3 is 23.9 Å². The normalized spacial score (nSPS) is 14.0. The monoisotopic (exact) mass is 845 g/mol. The van der Waals surface area contributed by atoms with E-state index >= 15 is 0 Å². The van der Waals surface area contributed by atoms with Crippen LogP contribution in [0.1, 0.15) is 59.1 Å². The van der Waals surface area contributed by atoms with E-state index in [2.05, 4.69) is 0 Å². The van der Waals surface area contributed by atoms with E-state index in [9.17, 15) is 24.0 Å².